The molecule has 0 aromatic rings. The lowest BCUT2D eigenvalue weighted by Gasteiger charge is -2.39. The Morgan fingerprint density at radius 3 is 2.75 bits per heavy atom. The molecule has 0 aliphatic carbocycles. The average molecular weight is 285 g/mol. The second-order valence-electron chi connectivity index (χ2n) is 6.02. The number of methoxy groups -OCH3 is 1. The molecule has 0 saturated carbocycles. The molecule has 0 aromatic heterocycles. The zero-order chi connectivity index (χ0) is 15.2. The summed E-state index contributed by atoms with van der Waals surface area (Å²) < 4.78 is 4.86. The molecule has 6 heteroatoms. The number of amides is 2. The standard InChI is InChI=1S/C14H27N3O3/c1-14(2)6-5-7-16-12(14)13(19)17(3)10-11(18)15-8-9-20-4/h12,16H,5-10H2,1-4H3,(H,15,18). The smallest absolute Gasteiger partial charge is 0.240 e. The van der Waals surface area contributed by atoms with E-state index in [9.17, 15) is 9.59 Å². The van der Waals surface area contributed by atoms with Gasteiger partial charge >= 0.3 is 0 Å². The van der Waals surface area contributed by atoms with Crippen LogP contribution >= 0.6 is 0 Å². The van der Waals surface area contributed by atoms with E-state index in [1.54, 1.807) is 14.2 Å². The van der Waals surface area contributed by atoms with Gasteiger partial charge in [0, 0.05) is 20.7 Å². The maximum absolute atomic E-state index is 12.4. The van der Waals surface area contributed by atoms with Crippen LogP contribution in [0.2, 0.25) is 0 Å². The molecule has 1 unspecified atom stereocenters. The van der Waals surface area contributed by atoms with Crippen molar-refractivity contribution in [3.63, 3.8) is 0 Å². The highest BCUT2D eigenvalue weighted by atomic mass is 16.5. The first-order valence-electron chi connectivity index (χ1n) is 7.12. The fraction of sp³-hybridized carbons (Fsp3) is 0.857. The second kappa shape index (κ2) is 7.59. The predicted octanol–water partition coefficient (Wildman–Crippen LogP) is -0.0144. The Kier molecular flexibility index (Phi) is 6.42. The number of likely N-dealkylation sites (N-methyl/N-ethyl adjacent to an activating group) is 1. The molecule has 0 radical (unpaired) electrons. The molecule has 20 heavy (non-hydrogen) atoms. The average Bonchev–Trinajstić information content (AvgIpc) is 2.37. The number of ether oxygens (including phenoxy) is 1. The highest BCUT2D eigenvalue weighted by Gasteiger charge is 2.38. The first kappa shape index (κ1) is 16.9. The number of nitrogens with zero attached hydrogens (tertiary/aromatic N) is 1. The largest absolute Gasteiger partial charge is 0.383 e. The molecule has 0 aromatic carbocycles. The topological polar surface area (TPSA) is 70.7 Å². The maximum atomic E-state index is 12.4. The molecule has 2 N–H and O–H groups in total. The molecule has 1 aliphatic heterocycles. The molecular weight excluding hydrogens is 258 g/mol. The molecule has 2 amide bonds. The Balaban J connectivity index is 2.47. The molecule has 0 spiro atoms. The highest BCUT2D eigenvalue weighted by molar-refractivity contribution is 5.87. The lowest BCUT2D eigenvalue weighted by Crippen LogP contribution is -2.56. The lowest BCUT2D eigenvalue weighted by molar-refractivity contribution is -0.139. The van der Waals surface area contributed by atoms with Crippen LogP contribution in [-0.2, 0) is 14.3 Å². The summed E-state index contributed by atoms with van der Waals surface area (Å²) >= 11 is 0. The zero-order valence-electron chi connectivity index (χ0n) is 13.0. The van der Waals surface area contributed by atoms with E-state index in [0.717, 1.165) is 19.4 Å². The van der Waals surface area contributed by atoms with Gasteiger partial charge in [-0.15, -0.1) is 0 Å². The van der Waals surface area contributed by atoms with Crippen molar-refractivity contribution >= 4 is 11.8 Å². The molecule has 1 fully saturated rings. The molecule has 116 valence electrons. The summed E-state index contributed by atoms with van der Waals surface area (Å²) in [6, 6.07) is -0.215. The van der Waals surface area contributed by atoms with Gasteiger partial charge in [-0.3, -0.25) is 9.59 Å². The normalized spacial score (nSPS) is 21.3. The van der Waals surface area contributed by atoms with Crippen molar-refractivity contribution in [3.8, 4) is 0 Å². The second-order valence-corrected chi connectivity index (χ2v) is 6.02. The summed E-state index contributed by atoms with van der Waals surface area (Å²) in [6.07, 6.45) is 2.10. The third kappa shape index (κ3) is 4.76. The van der Waals surface area contributed by atoms with E-state index in [4.69, 9.17) is 4.74 Å². The summed E-state index contributed by atoms with van der Waals surface area (Å²) in [5.41, 5.74) is -0.0733. The van der Waals surface area contributed by atoms with Gasteiger partial charge in [0.1, 0.15) is 0 Å². The Morgan fingerprint density at radius 1 is 1.45 bits per heavy atom. The summed E-state index contributed by atoms with van der Waals surface area (Å²) in [4.78, 5) is 25.6. The number of carbonyl (C=O) groups excluding carboxylic acids is 2. The molecule has 1 heterocycles. The van der Waals surface area contributed by atoms with Crippen LogP contribution in [0.1, 0.15) is 26.7 Å². The van der Waals surface area contributed by atoms with E-state index < -0.39 is 0 Å². The van der Waals surface area contributed by atoms with Gasteiger partial charge in [-0.2, -0.15) is 0 Å². The van der Waals surface area contributed by atoms with Gasteiger partial charge in [-0.1, -0.05) is 13.8 Å². The lowest BCUT2D eigenvalue weighted by atomic mass is 9.77. The quantitative estimate of drug-likeness (QED) is 0.673. The third-order valence-electron chi connectivity index (χ3n) is 3.76. The van der Waals surface area contributed by atoms with Gasteiger partial charge in [-0.05, 0) is 24.8 Å². The number of nitrogens with one attached hydrogen (secondary N) is 2. The van der Waals surface area contributed by atoms with Crippen LogP contribution in [0.5, 0.6) is 0 Å². The molecule has 6 nitrogen and oxygen atoms in total. The molecule has 0 bridgehead atoms. The Hall–Kier alpha value is -1.14. The van der Waals surface area contributed by atoms with Crippen molar-refractivity contribution in [2.75, 3.05) is 40.4 Å². The van der Waals surface area contributed by atoms with Crippen LogP contribution in [0.4, 0.5) is 0 Å². The number of hydrogen-bond acceptors (Lipinski definition) is 4. The van der Waals surface area contributed by atoms with Crippen LogP contribution in [-0.4, -0.2) is 63.2 Å². The van der Waals surface area contributed by atoms with Crippen LogP contribution in [0.25, 0.3) is 0 Å². The number of piperidine rings is 1. The first-order valence-corrected chi connectivity index (χ1v) is 7.12. The summed E-state index contributed by atoms with van der Waals surface area (Å²) in [5.74, 6) is -0.178. The predicted molar refractivity (Wildman–Crippen MR) is 77.3 cm³/mol. The van der Waals surface area contributed by atoms with Crippen LogP contribution in [0.15, 0.2) is 0 Å². The van der Waals surface area contributed by atoms with E-state index in [1.807, 2.05) is 0 Å². The van der Waals surface area contributed by atoms with Crippen molar-refractivity contribution in [2.45, 2.75) is 32.7 Å². The van der Waals surface area contributed by atoms with Crippen molar-refractivity contribution in [1.82, 2.24) is 15.5 Å². The van der Waals surface area contributed by atoms with Crippen molar-refractivity contribution in [1.29, 1.82) is 0 Å². The third-order valence-corrected chi connectivity index (χ3v) is 3.76. The van der Waals surface area contributed by atoms with Crippen LogP contribution in [0, 0.1) is 5.41 Å². The summed E-state index contributed by atoms with van der Waals surface area (Å²) in [7, 11) is 3.25. The fourth-order valence-electron chi connectivity index (χ4n) is 2.49. The number of rotatable bonds is 6. The van der Waals surface area contributed by atoms with Crippen LogP contribution < -0.4 is 10.6 Å². The fourth-order valence-corrected chi connectivity index (χ4v) is 2.49. The SMILES string of the molecule is COCCNC(=O)CN(C)C(=O)C1NCCCC1(C)C. The van der Waals surface area contributed by atoms with E-state index in [2.05, 4.69) is 24.5 Å². The molecule has 1 rings (SSSR count). The van der Waals surface area contributed by atoms with Gasteiger partial charge in [0.05, 0.1) is 19.2 Å². The minimum Gasteiger partial charge on any atom is -0.383 e. The van der Waals surface area contributed by atoms with Gasteiger partial charge < -0.3 is 20.3 Å². The molecular formula is C14H27N3O3. The van der Waals surface area contributed by atoms with Crippen molar-refractivity contribution < 1.29 is 14.3 Å². The Bertz CT molecular complexity index is 345. The van der Waals surface area contributed by atoms with Gasteiger partial charge in [0.25, 0.3) is 0 Å². The van der Waals surface area contributed by atoms with E-state index in [-0.39, 0.29) is 29.8 Å². The molecule has 1 saturated heterocycles. The Morgan fingerprint density at radius 2 is 2.15 bits per heavy atom. The van der Waals surface area contributed by atoms with Crippen molar-refractivity contribution in [3.05, 3.63) is 0 Å². The van der Waals surface area contributed by atoms with Gasteiger partial charge in [0.2, 0.25) is 11.8 Å². The minimum absolute atomic E-state index is 0.0170. The Labute approximate surface area is 121 Å². The van der Waals surface area contributed by atoms with E-state index in [1.165, 1.54) is 4.90 Å². The minimum atomic E-state index is -0.215. The number of hydrogen-bond donors (Lipinski definition) is 2. The monoisotopic (exact) mass is 285 g/mol. The van der Waals surface area contributed by atoms with Gasteiger partial charge in [-0.25, -0.2) is 0 Å². The first-order chi connectivity index (χ1) is 9.38. The van der Waals surface area contributed by atoms with Gasteiger partial charge in [0.15, 0.2) is 0 Å². The van der Waals surface area contributed by atoms with E-state index in [0.29, 0.717) is 13.2 Å². The zero-order valence-corrected chi connectivity index (χ0v) is 13.0. The summed E-state index contributed by atoms with van der Waals surface area (Å²) in [6.45, 7) is 6.05. The molecule has 1 atom stereocenters. The van der Waals surface area contributed by atoms with Crippen molar-refractivity contribution in [2.24, 2.45) is 5.41 Å². The molecule has 1 aliphatic rings. The maximum Gasteiger partial charge on any atom is 0.240 e. The van der Waals surface area contributed by atoms with E-state index >= 15 is 0 Å². The number of carbonyl (C=O) groups is 2. The van der Waals surface area contributed by atoms with Crippen LogP contribution in [0.3, 0.4) is 0 Å². The summed E-state index contributed by atoms with van der Waals surface area (Å²) in [5, 5.41) is 5.99. The highest BCUT2D eigenvalue weighted by Crippen LogP contribution is 2.30.